The molecule has 0 bridgehead atoms. The molecule has 2 nitrogen and oxygen atoms in total. The molecule has 0 atom stereocenters. The molecule has 1 fully saturated rings. The maximum Gasteiger partial charge on any atom is 0.204 e. The van der Waals surface area contributed by atoms with Crippen LogP contribution in [0.3, 0.4) is 0 Å². The van der Waals surface area contributed by atoms with E-state index in [-0.39, 0.29) is 36.2 Å². The van der Waals surface area contributed by atoms with Crippen molar-refractivity contribution in [1.29, 1.82) is 0 Å². The van der Waals surface area contributed by atoms with Crippen LogP contribution in [0.4, 0.5) is 17.6 Å². The molecule has 0 heterocycles. The van der Waals surface area contributed by atoms with E-state index in [0.717, 1.165) is 25.7 Å². The highest BCUT2D eigenvalue weighted by Gasteiger charge is 2.25. The molecule has 1 saturated carbocycles. The summed E-state index contributed by atoms with van der Waals surface area (Å²) in [6.45, 7) is 5.91. The first-order valence-electron chi connectivity index (χ1n) is 12.3. The van der Waals surface area contributed by atoms with Crippen LogP contribution in [0.25, 0.3) is 11.1 Å². The van der Waals surface area contributed by atoms with Crippen molar-refractivity contribution in [2.45, 2.75) is 51.6 Å². The summed E-state index contributed by atoms with van der Waals surface area (Å²) in [4.78, 5) is 0. The normalized spacial score (nSPS) is 17.6. The van der Waals surface area contributed by atoms with Crippen molar-refractivity contribution < 1.29 is 27.0 Å². The minimum absolute atomic E-state index is 0.0246. The summed E-state index contributed by atoms with van der Waals surface area (Å²) >= 11 is 0. The third-order valence-corrected chi connectivity index (χ3v) is 6.82. The van der Waals surface area contributed by atoms with E-state index in [1.807, 2.05) is 0 Å². The lowest BCUT2D eigenvalue weighted by atomic mass is 9.79. The summed E-state index contributed by atoms with van der Waals surface area (Å²) in [5.74, 6) is -3.60. The molecule has 1 aliphatic rings. The molecule has 190 valence electrons. The van der Waals surface area contributed by atoms with Gasteiger partial charge in [-0.05, 0) is 59.9 Å². The lowest BCUT2D eigenvalue weighted by Crippen LogP contribution is -2.13. The Kier molecular flexibility index (Phi) is 8.34. The first kappa shape index (κ1) is 25.8. The second-order valence-corrected chi connectivity index (χ2v) is 9.39. The first-order chi connectivity index (χ1) is 17.4. The molecule has 0 saturated heterocycles. The molecule has 0 amide bonds. The number of halogens is 4. The first-order valence-corrected chi connectivity index (χ1v) is 12.3. The van der Waals surface area contributed by atoms with Crippen molar-refractivity contribution in [3.05, 3.63) is 95.6 Å². The molecule has 1 aliphatic carbocycles. The summed E-state index contributed by atoms with van der Waals surface area (Å²) in [7, 11) is 0. The summed E-state index contributed by atoms with van der Waals surface area (Å²) < 4.78 is 69.1. The fourth-order valence-corrected chi connectivity index (χ4v) is 4.60. The predicted molar refractivity (Wildman–Crippen MR) is 133 cm³/mol. The quantitative estimate of drug-likeness (QED) is 0.167. The molecule has 0 aliphatic heterocycles. The second kappa shape index (κ2) is 11.6. The Morgan fingerprint density at radius 1 is 0.778 bits per heavy atom. The van der Waals surface area contributed by atoms with E-state index in [4.69, 9.17) is 9.47 Å². The molecule has 3 aromatic carbocycles. The number of rotatable bonds is 9. The van der Waals surface area contributed by atoms with Crippen LogP contribution in [-0.2, 0) is 6.61 Å². The van der Waals surface area contributed by atoms with Crippen molar-refractivity contribution in [2.75, 3.05) is 6.61 Å². The van der Waals surface area contributed by atoms with Crippen LogP contribution in [0.2, 0.25) is 0 Å². The zero-order valence-electron chi connectivity index (χ0n) is 20.3. The lowest BCUT2D eigenvalue weighted by molar-refractivity contribution is 0.271. The Morgan fingerprint density at radius 3 is 2.06 bits per heavy atom. The summed E-state index contributed by atoms with van der Waals surface area (Å²) in [5.41, 5.74) is 1.84. The van der Waals surface area contributed by atoms with Gasteiger partial charge in [-0.3, -0.25) is 0 Å². The van der Waals surface area contributed by atoms with Gasteiger partial charge in [-0.2, -0.15) is 8.78 Å². The van der Waals surface area contributed by atoms with Crippen LogP contribution in [0.5, 0.6) is 11.5 Å². The van der Waals surface area contributed by atoms with E-state index in [1.54, 1.807) is 42.5 Å². The van der Waals surface area contributed by atoms with E-state index in [1.165, 1.54) is 12.1 Å². The highest BCUT2D eigenvalue weighted by molar-refractivity contribution is 5.65. The summed E-state index contributed by atoms with van der Waals surface area (Å²) in [6.07, 6.45) is 5.94. The Balaban J connectivity index is 1.42. The van der Waals surface area contributed by atoms with Gasteiger partial charge in [-0.1, -0.05) is 62.2 Å². The van der Waals surface area contributed by atoms with Gasteiger partial charge in [0.2, 0.25) is 11.6 Å². The fraction of sp³-hybridized carbons (Fsp3) is 0.333. The number of benzene rings is 3. The second-order valence-electron chi connectivity index (χ2n) is 9.39. The topological polar surface area (TPSA) is 18.5 Å². The molecule has 0 radical (unpaired) electrons. The highest BCUT2D eigenvalue weighted by atomic mass is 19.2. The minimum atomic E-state index is -1.13. The van der Waals surface area contributed by atoms with Crippen LogP contribution >= 0.6 is 0 Å². The van der Waals surface area contributed by atoms with E-state index in [0.29, 0.717) is 29.0 Å². The van der Waals surface area contributed by atoms with Crippen LogP contribution in [0, 0.1) is 29.2 Å². The molecule has 0 spiro atoms. The molecular formula is C30H30F4O2. The molecule has 36 heavy (non-hydrogen) atoms. The summed E-state index contributed by atoms with van der Waals surface area (Å²) in [5, 5.41) is 0. The predicted octanol–water partition coefficient (Wildman–Crippen LogP) is 8.74. The third-order valence-electron chi connectivity index (χ3n) is 6.82. The van der Waals surface area contributed by atoms with Crippen LogP contribution in [0.1, 0.15) is 56.1 Å². The maximum atomic E-state index is 15.0. The fourth-order valence-electron chi connectivity index (χ4n) is 4.60. The van der Waals surface area contributed by atoms with Gasteiger partial charge >= 0.3 is 0 Å². The number of hydrogen-bond donors (Lipinski definition) is 0. The Morgan fingerprint density at radius 2 is 1.42 bits per heavy atom. The Hall–Kier alpha value is -3.28. The SMILES string of the molecule is C=CCCOc1ccc(OCc2ccc(-c3ccc(C4CCC(C)CC4)c(F)c3F)cc2)c(F)c1F. The average molecular weight is 499 g/mol. The Bertz CT molecular complexity index is 1200. The van der Waals surface area contributed by atoms with Crippen LogP contribution in [-0.4, -0.2) is 6.61 Å². The zero-order valence-corrected chi connectivity index (χ0v) is 20.3. The van der Waals surface area contributed by atoms with Crippen molar-refractivity contribution in [3.8, 4) is 22.6 Å². The molecule has 0 unspecified atom stereocenters. The average Bonchev–Trinajstić information content (AvgIpc) is 2.89. The zero-order chi connectivity index (χ0) is 25.7. The van der Waals surface area contributed by atoms with Crippen molar-refractivity contribution in [1.82, 2.24) is 0 Å². The van der Waals surface area contributed by atoms with Crippen LogP contribution in [0.15, 0.2) is 61.2 Å². The summed E-state index contributed by atoms with van der Waals surface area (Å²) in [6, 6.07) is 12.6. The van der Waals surface area contributed by atoms with Gasteiger partial charge < -0.3 is 9.47 Å². The maximum absolute atomic E-state index is 15.0. The van der Waals surface area contributed by atoms with Crippen molar-refractivity contribution in [2.24, 2.45) is 5.92 Å². The van der Waals surface area contributed by atoms with Crippen molar-refractivity contribution >= 4 is 0 Å². The van der Waals surface area contributed by atoms with Gasteiger partial charge in [0.15, 0.2) is 23.1 Å². The molecule has 0 N–H and O–H groups in total. The number of ether oxygens (including phenoxy) is 2. The number of hydrogen-bond acceptors (Lipinski definition) is 2. The molecule has 6 heteroatoms. The largest absolute Gasteiger partial charge is 0.490 e. The van der Waals surface area contributed by atoms with E-state index < -0.39 is 23.3 Å². The van der Waals surface area contributed by atoms with Gasteiger partial charge in [-0.25, -0.2) is 8.78 Å². The Labute approximate surface area is 209 Å². The molecule has 4 rings (SSSR count). The monoisotopic (exact) mass is 498 g/mol. The molecular weight excluding hydrogens is 468 g/mol. The molecule has 3 aromatic rings. The van der Waals surface area contributed by atoms with E-state index >= 15 is 0 Å². The van der Waals surface area contributed by atoms with Gasteiger partial charge in [0, 0.05) is 5.56 Å². The molecule has 0 aromatic heterocycles. The van der Waals surface area contributed by atoms with Gasteiger partial charge in [0.25, 0.3) is 0 Å². The minimum Gasteiger partial charge on any atom is -0.490 e. The van der Waals surface area contributed by atoms with Gasteiger partial charge in [0.1, 0.15) is 6.61 Å². The van der Waals surface area contributed by atoms with Crippen LogP contribution < -0.4 is 9.47 Å². The van der Waals surface area contributed by atoms with Gasteiger partial charge in [-0.15, -0.1) is 6.58 Å². The van der Waals surface area contributed by atoms with Crippen molar-refractivity contribution in [3.63, 3.8) is 0 Å². The third kappa shape index (κ3) is 5.75. The van der Waals surface area contributed by atoms with E-state index in [2.05, 4.69) is 13.5 Å². The van der Waals surface area contributed by atoms with E-state index in [9.17, 15) is 17.6 Å². The lowest BCUT2D eigenvalue weighted by Gasteiger charge is -2.27. The van der Waals surface area contributed by atoms with Gasteiger partial charge in [0.05, 0.1) is 6.61 Å². The smallest absolute Gasteiger partial charge is 0.204 e. The highest BCUT2D eigenvalue weighted by Crippen LogP contribution is 2.38. The standard InChI is InChI=1S/C30H30F4O2/c1-3-4-17-35-25-15-16-26(30(34)29(25)33)36-18-20-7-11-22(12-8-20)24-14-13-23(27(31)28(24)32)21-9-5-19(2)6-10-21/h3,7-8,11-16,19,21H,1,4-6,9-10,17-18H2,2H3.